The number of nitro benzene ring substituents is 1. The summed E-state index contributed by atoms with van der Waals surface area (Å²) in [5, 5.41) is 14.1. The molecule has 0 radical (unpaired) electrons. The van der Waals surface area contributed by atoms with Crippen LogP contribution in [0.2, 0.25) is 0 Å². The van der Waals surface area contributed by atoms with Crippen LogP contribution in [0.1, 0.15) is 25.8 Å². The Kier molecular flexibility index (Phi) is 6.55. The predicted octanol–water partition coefficient (Wildman–Crippen LogP) is 3.54. The molecule has 0 bridgehead atoms. The Hall–Kier alpha value is -1.01. The molecule has 6 nitrogen and oxygen atoms in total. The molecule has 0 heterocycles. The zero-order valence-corrected chi connectivity index (χ0v) is 13.5. The zero-order valence-electron chi connectivity index (χ0n) is 11.8. The fourth-order valence-electron chi connectivity index (χ4n) is 1.50. The Labute approximate surface area is 123 Å². The van der Waals surface area contributed by atoms with Crippen LogP contribution in [-0.2, 0) is 16.3 Å². The van der Waals surface area contributed by atoms with Crippen molar-refractivity contribution in [1.82, 2.24) is 5.09 Å². The third-order valence-electron chi connectivity index (χ3n) is 2.38. The van der Waals surface area contributed by atoms with Gasteiger partial charge in [-0.1, -0.05) is 13.0 Å². The Morgan fingerprint density at radius 3 is 2.70 bits per heavy atom. The average Bonchev–Trinajstić information content (AvgIpc) is 2.39. The van der Waals surface area contributed by atoms with Gasteiger partial charge in [0.05, 0.1) is 11.5 Å². The van der Waals surface area contributed by atoms with E-state index < -0.39 is 11.6 Å². The third kappa shape index (κ3) is 4.83. The normalized spacial score (nSPS) is 13.8. The summed E-state index contributed by atoms with van der Waals surface area (Å²) >= 11 is 5.36. The van der Waals surface area contributed by atoms with Crippen LogP contribution in [0, 0.1) is 17.0 Å². The van der Waals surface area contributed by atoms with Crippen LogP contribution < -0.4 is 9.61 Å². The Morgan fingerprint density at radius 1 is 1.45 bits per heavy atom. The molecule has 0 aliphatic rings. The molecule has 0 spiro atoms. The number of rotatable bonds is 8. The van der Waals surface area contributed by atoms with Gasteiger partial charge in [0, 0.05) is 12.6 Å². The number of hydrogen-bond acceptors (Lipinski definition) is 5. The molecule has 0 aliphatic heterocycles. The lowest BCUT2D eigenvalue weighted by atomic mass is 10.2. The van der Waals surface area contributed by atoms with Crippen molar-refractivity contribution in [2.24, 2.45) is 0 Å². The monoisotopic (exact) mass is 318 g/mol. The minimum absolute atomic E-state index is 0.0998. The van der Waals surface area contributed by atoms with Crippen LogP contribution in [0.15, 0.2) is 18.2 Å². The molecule has 0 saturated heterocycles. The molecule has 1 rings (SSSR count). The first kappa shape index (κ1) is 17.0. The third-order valence-corrected chi connectivity index (χ3v) is 4.96. The minimum Gasteiger partial charge on any atom is -0.425 e. The van der Waals surface area contributed by atoms with Crippen molar-refractivity contribution in [2.75, 3.05) is 13.2 Å². The summed E-state index contributed by atoms with van der Waals surface area (Å²) in [6, 6.07) is 4.76. The van der Waals surface area contributed by atoms with Gasteiger partial charge in [0.15, 0.2) is 0 Å². The summed E-state index contributed by atoms with van der Waals surface area (Å²) in [5.41, 5.74) is 0.688. The van der Waals surface area contributed by atoms with Gasteiger partial charge >= 0.3 is 12.3 Å². The lowest BCUT2D eigenvalue weighted by Gasteiger charge is -2.22. The van der Waals surface area contributed by atoms with Gasteiger partial charge < -0.3 is 9.05 Å². The van der Waals surface area contributed by atoms with E-state index in [1.165, 1.54) is 6.07 Å². The first-order valence-electron chi connectivity index (χ1n) is 6.36. The average molecular weight is 318 g/mol. The van der Waals surface area contributed by atoms with Gasteiger partial charge in [0.1, 0.15) is 0 Å². The molecule has 1 aromatic rings. The number of nitrogens with zero attached hydrogens (tertiary/aromatic N) is 1. The first-order valence-corrected chi connectivity index (χ1v) is 9.00. The van der Waals surface area contributed by atoms with Crippen molar-refractivity contribution >= 4 is 24.1 Å². The van der Waals surface area contributed by atoms with E-state index in [2.05, 4.69) is 5.09 Å². The van der Waals surface area contributed by atoms with E-state index in [0.29, 0.717) is 13.2 Å². The molecule has 1 unspecified atom stereocenters. The van der Waals surface area contributed by atoms with Gasteiger partial charge in [0.25, 0.3) is 0 Å². The highest BCUT2D eigenvalue weighted by Crippen LogP contribution is 2.47. The summed E-state index contributed by atoms with van der Waals surface area (Å²) in [6.07, 6.45) is 0.866. The largest absolute Gasteiger partial charge is 0.425 e. The van der Waals surface area contributed by atoms with Crippen molar-refractivity contribution in [3.8, 4) is 5.75 Å². The van der Waals surface area contributed by atoms with Gasteiger partial charge in [-0.3, -0.25) is 10.1 Å². The molecule has 0 amide bonds. The van der Waals surface area contributed by atoms with E-state index in [9.17, 15) is 10.1 Å². The molecule has 20 heavy (non-hydrogen) atoms. The molecule has 0 saturated carbocycles. The Balaban J connectivity index is 3.04. The van der Waals surface area contributed by atoms with E-state index in [-0.39, 0.29) is 11.4 Å². The number of aryl methyl sites for hydroxylation is 1. The van der Waals surface area contributed by atoms with E-state index in [1.807, 2.05) is 13.8 Å². The van der Waals surface area contributed by atoms with Gasteiger partial charge in [0.2, 0.25) is 5.75 Å². The molecule has 112 valence electrons. The highest BCUT2D eigenvalue weighted by Gasteiger charge is 2.24. The number of hydrogen-bond donors (Lipinski definition) is 1. The highest BCUT2D eigenvalue weighted by molar-refractivity contribution is 8.09. The molecule has 1 N–H and O–H groups in total. The topological polar surface area (TPSA) is 73.6 Å². The quantitative estimate of drug-likeness (QED) is 0.449. The van der Waals surface area contributed by atoms with Crippen molar-refractivity contribution in [2.45, 2.75) is 27.2 Å². The van der Waals surface area contributed by atoms with Crippen LogP contribution in [-0.4, -0.2) is 18.1 Å². The lowest BCUT2D eigenvalue weighted by Crippen LogP contribution is -2.17. The van der Waals surface area contributed by atoms with Gasteiger partial charge in [-0.25, -0.2) is 5.09 Å². The summed E-state index contributed by atoms with van der Waals surface area (Å²) < 4.78 is 11.1. The van der Waals surface area contributed by atoms with Gasteiger partial charge in [-0.05, 0) is 43.7 Å². The van der Waals surface area contributed by atoms with E-state index in [4.69, 9.17) is 20.9 Å². The Bertz CT molecular complexity index is 524. The smallest absolute Gasteiger partial charge is 0.313 e. The summed E-state index contributed by atoms with van der Waals surface area (Å²) in [6.45, 7) is 3.84. The first-order chi connectivity index (χ1) is 9.41. The molecular weight excluding hydrogens is 299 g/mol. The summed E-state index contributed by atoms with van der Waals surface area (Å²) in [7, 11) is 0. The van der Waals surface area contributed by atoms with Gasteiger partial charge in [-0.15, -0.1) is 0 Å². The molecule has 1 aromatic carbocycles. The zero-order chi connectivity index (χ0) is 15.2. The fraction of sp³-hybridized carbons (Fsp3) is 0.500. The predicted molar refractivity (Wildman–Crippen MR) is 82.7 cm³/mol. The number of nitro groups is 1. The maximum atomic E-state index is 11.1. The lowest BCUT2D eigenvalue weighted by molar-refractivity contribution is -0.385. The van der Waals surface area contributed by atoms with E-state index in [0.717, 1.165) is 12.0 Å². The SMILES string of the molecule is CCCNP(=S)(OCC)Oc1ccc(C)cc1[N+](=O)[O-]. The van der Waals surface area contributed by atoms with Crippen molar-refractivity contribution in [1.29, 1.82) is 0 Å². The van der Waals surface area contributed by atoms with Crippen LogP contribution in [0.4, 0.5) is 5.69 Å². The van der Waals surface area contributed by atoms with Gasteiger partial charge in [-0.2, -0.15) is 0 Å². The highest BCUT2D eigenvalue weighted by atomic mass is 32.5. The maximum absolute atomic E-state index is 11.1. The second-order valence-electron chi connectivity index (χ2n) is 4.14. The van der Waals surface area contributed by atoms with Crippen molar-refractivity contribution < 1.29 is 14.0 Å². The molecule has 0 aromatic heterocycles. The molecule has 8 heteroatoms. The van der Waals surface area contributed by atoms with Crippen LogP contribution in [0.5, 0.6) is 5.75 Å². The summed E-state index contributed by atoms with van der Waals surface area (Å²) in [5.74, 6) is 0.140. The molecule has 0 fully saturated rings. The van der Waals surface area contributed by atoms with E-state index in [1.54, 1.807) is 19.1 Å². The maximum Gasteiger partial charge on any atom is 0.313 e. The fourth-order valence-corrected chi connectivity index (χ4v) is 3.79. The summed E-state index contributed by atoms with van der Waals surface area (Å²) in [4.78, 5) is 10.6. The van der Waals surface area contributed by atoms with Crippen LogP contribution in [0.25, 0.3) is 0 Å². The van der Waals surface area contributed by atoms with Crippen LogP contribution in [0.3, 0.4) is 0 Å². The molecule has 0 aliphatic carbocycles. The second kappa shape index (κ2) is 7.69. The molecule has 1 atom stereocenters. The Morgan fingerprint density at radius 2 is 2.15 bits per heavy atom. The van der Waals surface area contributed by atoms with Crippen LogP contribution >= 0.6 is 6.64 Å². The van der Waals surface area contributed by atoms with Crippen molar-refractivity contribution in [3.05, 3.63) is 33.9 Å². The minimum atomic E-state index is -2.76. The second-order valence-corrected chi connectivity index (χ2v) is 7.34. The number of nitrogens with one attached hydrogen (secondary N) is 1. The van der Waals surface area contributed by atoms with Crippen molar-refractivity contribution in [3.63, 3.8) is 0 Å². The number of benzene rings is 1. The van der Waals surface area contributed by atoms with E-state index >= 15 is 0 Å². The molecular formula is C12H19N2O4PS. The standard InChI is InChI=1S/C12H19N2O4PS/c1-4-8-13-19(20,17-5-2)18-12-7-6-10(3)9-11(12)14(15)16/h6-7,9H,4-5,8H2,1-3H3,(H,13,20).